The van der Waals surface area contributed by atoms with Crippen LogP contribution in [0.5, 0.6) is 0 Å². The first-order chi connectivity index (χ1) is 9.96. The molecule has 0 bridgehead atoms. The Morgan fingerprint density at radius 1 is 0.727 bits per heavy atom. The summed E-state index contributed by atoms with van der Waals surface area (Å²) >= 11 is 0. The standard InChI is InChI=1S/C14H20N6O2/c1-13(2,3)7-9(17-19-15)12(22)8(14(4,5)6)10(11(7)21)18-20-16/h15-16H,1-6H3/q+2. The van der Waals surface area contributed by atoms with E-state index in [1.165, 1.54) is 0 Å². The van der Waals surface area contributed by atoms with E-state index >= 15 is 0 Å². The van der Waals surface area contributed by atoms with Crippen molar-refractivity contribution in [3.63, 3.8) is 0 Å². The fourth-order valence-corrected chi connectivity index (χ4v) is 2.36. The number of carbonyl (C=O) groups is 2. The average molecular weight is 304 g/mol. The number of nitrogens with one attached hydrogen (secondary N) is 2. The van der Waals surface area contributed by atoms with Gasteiger partial charge >= 0.3 is 0 Å². The molecule has 22 heavy (non-hydrogen) atoms. The Bertz CT molecular complexity index is 641. The Kier molecular flexibility index (Phi) is 4.51. The fraction of sp³-hybridized carbons (Fsp3) is 0.571. The van der Waals surface area contributed by atoms with Crippen LogP contribution in [0.3, 0.4) is 0 Å². The number of carbonyl (C=O) groups excluding carboxylic acids is 2. The maximum atomic E-state index is 12.8. The molecule has 1 aliphatic rings. The van der Waals surface area contributed by atoms with Gasteiger partial charge in [0.2, 0.25) is 32.8 Å². The first kappa shape index (κ1) is 17.5. The molecule has 0 saturated heterocycles. The van der Waals surface area contributed by atoms with Crippen LogP contribution in [0.4, 0.5) is 0 Å². The Morgan fingerprint density at radius 2 is 1.00 bits per heavy atom. The first-order valence-electron chi connectivity index (χ1n) is 6.70. The predicted molar refractivity (Wildman–Crippen MR) is 77.5 cm³/mol. The van der Waals surface area contributed by atoms with Crippen molar-refractivity contribution >= 4 is 11.6 Å². The Morgan fingerprint density at radius 3 is 1.18 bits per heavy atom. The minimum Gasteiger partial charge on any atom is -0.287 e. The molecule has 0 aromatic rings. The summed E-state index contributed by atoms with van der Waals surface area (Å²) in [6.07, 6.45) is 0. The van der Waals surface area contributed by atoms with Gasteiger partial charge in [0.05, 0.1) is 0 Å². The molecule has 2 N–H and O–H groups in total. The van der Waals surface area contributed by atoms with Crippen LogP contribution < -0.4 is 9.82 Å². The van der Waals surface area contributed by atoms with Crippen molar-refractivity contribution in [1.29, 1.82) is 11.1 Å². The number of nitrogens with zero attached hydrogens (tertiary/aromatic N) is 4. The summed E-state index contributed by atoms with van der Waals surface area (Å²) in [6, 6.07) is 0. The van der Waals surface area contributed by atoms with Crippen molar-refractivity contribution in [1.82, 2.24) is 9.82 Å². The maximum absolute atomic E-state index is 12.8. The van der Waals surface area contributed by atoms with Crippen LogP contribution in [-0.2, 0) is 9.59 Å². The summed E-state index contributed by atoms with van der Waals surface area (Å²) in [7, 11) is 0. The van der Waals surface area contributed by atoms with Gasteiger partial charge in [-0.3, -0.25) is 9.59 Å². The summed E-state index contributed by atoms with van der Waals surface area (Å²) in [6.45, 7) is 10.5. The molecule has 8 nitrogen and oxygen atoms in total. The van der Waals surface area contributed by atoms with E-state index in [0.29, 0.717) is 0 Å². The monoisotopic (exact) mass is 304 g/mol. The van der Waals surface area contributed by atoms with E-state index in [2.05, 4.69) is 20.1 Å². The van der Waals surface area contributed by atoms with Crippen molar-refractivity contribution in [2.45, 2.75) is 41.5 Å². The van der Waals surface area contributed by atoms with Crippen molar-refractivity contribution in [3.8, 4) is 0 Å². The molecule has 0 heterocycles. The van der Waals surface area contributed by atoms with Crippen molar-refractivity contribution in [2.24, 2.45) is 21.1 Å². The van der Waals surface area contributed by atoms with E-state index in [1.807, 2.05) is 0 Å². The van der Waals surface area contributed by atoms with Gasteiger partial charge in [0, 0.05) is 11.1 Å². The number of ketones is 2. The lowest BCUT2D eigenvalue weighted by atomic mass is 9.72. The molecule has 0 amide bonds. The van der Waals surface area contributed by atoms with Gasteiger partial charge in [-0.05, 0) is 10.8 Å². The molecule has 0 aromatic carbocycles. The van der Waals surface area contributed by atoms with Crippen molar-refractivity contribution in [3.05, 3.63) is 22.5 Å². The van der Waals surface area contributed by atoms with Gasteiger partial charge in [0.15, 0.2) is 10.2 Å². The molecule has 0 saturated carbocycles. The lowest BCUT2D eigenvalue weighted by molar-refractivity contribution is -0.118. The summed E-state index contributed by atoms with van der Waals surface area (Å²) in [5.74, 6) is -1.01. The van der Waals surface area contributed by atoms with Crippen molar-refractivity contribution in [2.75, 3.05) is 0 Å². The minimum atomic E-state index is -0.692. The van der Waals surface area contributed by atoms with Crippen LogP contribution in [0.25, 0.3) is 0 Å². The zero-order chi connectivity index (χ0) is 17.3. The number of Topliss-reactive ketones (excluding diaryl/α,β-unsaturated/α-hetero) is 2. The van der Waals surface area contributed by atoms with E-state index in [4.69, 9.17) is 11.1 Å². The second-order valence-corrected chi connectivity index (χ2v) is 7.01. The zero-order valence-electron chi connectivity index (χ0n) is 13.6. The molecule has 0 spiro atoms. The highest BCUT2D eigenvalue weighted by Gasteiger charge is 2.46. The summed E-state index contributed by atoms with van der Waals surface area (Å²) in [5, 5.41) is 7.14. The van der Waals surface area contributed by atoms with Gasteiger partial charge in [0.25, 0.3) is 0 Å². The lowest BCUT2D eigenvalue weighted by Gasteiger charge is -2.29. The summed E-state index contributed by atoms with van der Waals surface area (Å²) < 4.78 is 0. The molecule has 116 valence electrons. The van der Waals surface area contributed by atoms with E-state index in [1.54, 1.807) is 41.5 Å². The molecule has 0 atom stereocenters. The highest BCUT2D eigenvalue weighted by Crippen LogP contribution is 2.41. The fourth-order valence-electron chi connectivity index (χ4n) is 2.36. The van der Waals surface area contributed by atoms with Gasteiger partial charge in [-0.15, -0.1) is 0 Å². The topological polar surface area (TPSA) is 135 Å². The Hall–Kier alpha value is -2.56. The third kappa shape index (κ3) is 3.03. The predicted octanol–water partition coefficient (Wildman–Crippen LogP) is 2.84. The van der Waals surface area contributed by atoms with E-state index in [-0.39, 0.29) is 22.5 Å². The SMILES string of the molecule is CC(C)(C)C1=C(N=[N+]=N)C(=O)C(C(C)(C)C)=C(N=[N+]=N)C1=O. The highest BCUT2D eigenvalue weighted by atomic mass is 16.1. The normalized spacial score (nSPS) is 16.5. The van der Waals surface area contributed by atoms with Gasteiger partial charge in [0.1, 0.15) is 11.1 Å². The smallest absolute Gasteiger partial charge is 0.220 e. The van der Waals surface area contributed by atoms with Crippen LogP contribution >= 0.6 is 0 Å². The quantitative estimate of drug-likeness (QED) is 0.461. The van der Waals surface area contributed by atoms with Gasteiger partial charge < -0.3 is 0 Å². The molecule has 0 unspecified atom stereocenters. The van der Waals surface area contributed by atoms with E-state index in [0.717, 1.165) is 0 Å². The summed E-state index contributed by atoms with van der Waals surface area (Å²) in [5.41, 5.74) is 12.4. The lowest BCUT2D eigenvalue weighted by Crippen LogP contribution is -2.33. The number of hydrogen-bond donors (Lipinski definition) is 2. The number of hydrogen-bond acceptors (Lipinski definition) is 6. The zero-order valence-corrected chi connectivity index (χ0v) is 13.6. The molecule has 1 rings (SSSR count). The van der Waals surface area contributed by atoms with Gasteiger partial charge in [-0.25, -0.2) is 0 Å². The van der Waals surface area contributed by atoms with Crippen LogP contribution in [-0.4, -0.2) is 11.6 Å². The third-order valence-corrected chi connectivity index (χ3v) is 3.16. The van der Waals surface area contributed by atoms with Gasteiger partial charge in [-0.2, -0.15) is 0 Å². The first-order valence-corrected chi connectivity index (χ1v) is 6.70. The van der Waals surface area contributed by atoms with Crippen LogP contribution in [0.2, 0.25) is 0 Å². The molecular formula is C14H20N6O2+2. The molecule has 8 heteroatoms. The van der Waals surface area contributed by atoms with Crippen LogP contribution in [0.15, 0.2) is 32.8 Å². The second-order valence-electron chi connectivity index (χ2n) is 7.01. The third-order valence-electron chi connectivity index (χ3n) is 3.16. The van der Waals surface area contributed by atoms with Crippen molar-refractivity contribution < 1.29 is 9.59 Å². The van der Waals surface area contributed by atoms with Crippen LogP contribution in [0.1, 0.15) is 41.5 Å². The second kappa shape index (κ2) is 5.67. The van der Waals surface area contributed by atoms with Gasteiger partial charge in [-0.1, -0.05) is 41.5 Å². The largest absolute Gasteiger partial charge is 0.287 e. The van der Waals surface area contributed by atoms with Crippen LogP contribution in [0, 0.1) is 21.9 Å². The Balaban J connectivity index is 3.88. The molecule has 0 radical (unpaired) electrons. The maximum Gasteiger partial charge on any atom is 0.220 e. The summed E-state index contributed by atoms with van der Waals surface area (Å²) in [4.78, 5) is 31.4. The molecule has 1 aliphatic carbocycles. The highest BCUT2D eigenvalue weighted by molar-refractivity contribution is 6.25. The molecule has 0 fully saturated rings. The molecular weight excluding hydrogens is 284 g/mol. The molecule has 0 aliphatic heterocycles. The van der Waals surface area contributed by atoms with E-state index in [9.17, 15) is 9.59 Å². The number of allylic oxidation sites excluding steroid dienone is 2. The average Bonchev–Trinajstić information content (AvgIpc) is 2.32. The Labute approximate surface area is 128 Å². The minimum absolute atomic E-state index is 0.129. The van der Waals surface area contributed by atoms with E-state index < -0.39 is 22.4 Å². The number of rotatable bonds is 2. The molecule has 0 aromatic heterocycles.